The SMILES string of the molecule is COc1ccc(-c2cn(-c3ccccc3)nc2C(=O)N2CCN(c3ncccc3C#N)CC2)cc1OC. The van der Waals surface area contributed by atoms with Crippen LogP contribution in [0.4, 0.5) is 5.82 Å². The monoisotopic (exact) mass is 494 g/mol. The molecule has 4 aromatic rings. The maximum Gasteiger partial charge on any atom is 0.275 e. The highest BCUT2D eigenvalue weighted by molar-refractivity contribution is 5.99. The van der Waals surface area contributed by atoms with Crippen molar-refractivity contribution in [3.05, 3.63) is 84.3 Å². The number of carbonyl (C=O) groups excluding carboxylic acids is 1. The van der Waals surface area contributed by atoms with Crippen molar-refractivity contribution in [2.75, 3.05) is 45.3 Å². The van der Waals surface area contributed by atoms with E-state index in [4.69, 9.17) is 14.6 Å². The van der Waals surface area contributed by atoms with Crippen LogP contribution in [-0.2, 0) is 0 Å². The Morgan fingerprint density at radius 2 is 1.70 bits per heavy atom. The molecule has 0 N–H and O–H groups in total. The van der Waals surface area contributed by atoms with Crippen molar-refractivity contribution >= 4 is 11.7 Å². The first-order valence-corrected chi connectivity index (χ1v) is 11.9. The molecule has 186 valence electrons. The minimum Gasteiger partial charge on any atom is -0.493 e. The van der Waals surface area contributed by atoms with Crippen molar-refractivity contribution in [2.45, 2.75) is 0 Å². The average molecular weight is 495 g/mol. The number of aromatic nitrogens is 3. The smallest absolute Gasteiger partial charge is 0.275 e. The largest absolute Gasteiger partial charge is 0.493 e. The van der Waals surface area contributed by atoms with Crippen LogP contribution in [0.3, 0.4) is 0 Å². The summed E-state index contributed by atoms with van der Waals surface area (Å²) in [6.07, 6.45) is 3.55. The number of benzene rings is 2. The van der Waals surface area contributed by atoms with Crippen LogP contribution in [0.15, 0.2) is 73.1 Å². The zero-order chi connectivity index (χ0) is 25.8. The number of nitrogens with zero attached hydrogens (tertiary/aromatic N) is 6. The molecule has 1 aliphatic heterocycles. The molecule has 0 aliphatic carbocycles. The Morgan fingerprint density at radius 1 is 0.946 bits per heavy atom. The lowest BCUT2D eigenvalue weighted by atomic mass is 10.0. The molecular weight excluding hydrogens is 468 g/mol. The molecule has 1 saturated heterocycles. The lowest BCUT2D eigenvalue weighted by Gasteiger charge is -2.35. The molecule has 0 saturated carbocycles. The third kappa shape index (κ3) is 4.69. The molecular formula is C28H26N6O3. The Labute approximate surface area is 215 Å². The van der Waals surface area contributed by atoms with Crippen LogP contribution in [0.1, 0.15) is 16.1 Å². The first-order chi connectivity index (χ1) is 18.1. The van der Waals surface area contributed by atoms with E-state index in [2.05, 4.69) is 11.1 Å². The van der Waals surface area contributed by atoms with Crippen LogP contribution in [0.25, 0.3) is 16.8 Å². The fourth-order valence-electron chi connectivity index (χ4n) is 4.47. The van der Waals surface area contributed by atoms with E-state index >= 15 is 0 Å². The van der Waals surface area contributed by atoms with Gasteiger partial charge in [0.25, 0.3) is 5.91 Å². The normalized spacial score (nSPS) is 13.2. The van der Waals surface area contributed by atoms with E-state index in [0.29, 0.717) is 60.3 Å². The molecule has 9 nitrogen and oxygen atoms in total. The number of hydrogen-bond acceptors (Lipinski definition) is 7. The minimum atomic E-state index is -0.152. The number of nitriles is 1. The van der Waals surface area contributed by atoms with Gasteiger partial charge in [0, 0.05) is 44.1 Å². The molecule has 2 aromatic heterocycles. The molecule has 0 unspecified atom stereocenters. The van der Waals surface area contributed by atoms with Gasteiger partial charge in [-0.25, -0.2) is 9.67 Å². The molecule has 0 bridgehead atoms. The maximum atomic E-state index is 13.8. The first kappa shape index (κ1) is 23.9. The number of anilines is 1. The Balaban J connectivity index is 1.46. The fourth-order valence-corrected chi connectivity index (χ4v) is 4.47. The molecule has 9 heteroatoms. The van der Waals surface area contributed by atoms with E-state index in [9.17, 15) is 10.1 Å². The summed E-state index contributed by atoms with van der Waals surface area (Å²) in [5.41, 5.74) is 3.25. The Bertz CT molecular complexity index is 1450. The lowest BCUT2D eigenvalue weighted by molar-refractivity contribution is 0.0741. The van der Waals surface area contributed by atoms with Gasteiger partial charge in [0.05, 0.1) is 25.5 Å². The van der Waals surface area contributed by atoms with Gasteiger partial charge in [-0.2, -0.15) is 10.4 Å². The van der Waals surface area contributed by atoms with Crippen molar-refractivity contribution in [1.82, 2.24) is 19.7 Å². The van der Waals surface area contributed by atoms with Gasteiger partial charge in [-0.1, -0.05) is 24.3 Å². The maximum absolute atomic E-state index is 13.8. The van der Waals surface area contributed by atoms with Gasteiger partial charge in [-0.15, -0.1) is 0 Å². The van der Waals surface area contributed by atoms with E-state index in [1.54, 1.807) is 42.1 Å². The van der Waals surface area contributed by atoms with Crippen LogP contribution >= 0.6 is 0 Å². The van der Waals surface area contributed by atoms with Gasteiger partial charge >= 0.3 is 0 Å². The average Bonchev–Trinajstić information content (AvgIpc) is 3.42. The van der Waals surface area contributed by atoms with Gasteiger partial charge in [-0.05, 0) is 42.0 Å². The Kier molecular flexibility index (Phi) is 6.72. The van der Waals surface area contributed by atoms with Crippen LogP contribution < -0.4 is 14.4 Å². The quantitative estimate of drug-likeness (QED) is 0.402. The highest BCUT2D eigenvalue weighted by Crippen LogP contribution is 2.34. The standard InChI is InChI=1S/C28H26N6O3/c1-36-24-11-10-20(17-25(24)37-2)23-19-34(22-8-4-3-5-9-22)31-26(23)28(35)33-15-13-32(14-16-33)27-21(18-29)7-6-12-30-27/h3-12,17,19H,13-16H2,1-2H3. The molecule has 0 atom stereocenters. The van der Waals surface area contributed by atoms with Gasteiger partial charge in [-0.3, -0.25) is 4.79 Å². The first-order valence-electron chi connectivity index (χ1n) is 11.9. The van der Waals surface area contributed by atoms with Crippen molar-refractivity contribution in [3.8, 4) is 34.4 Å². The molecule has 37 heavy (non-hydrogen) atoms. The summed E-state index contributed by atoms with van der Waals surface area (Å²) in [7, 11) is 3.17. The summed E-state index contributed by atoms with van der Waals surface area (Å²) in [5.74, 6) is 1.68. The third-order valence-electron chi connectivity index (χ3n) is 6.41. The molecule has 1 aliphatic rings. The van der Waals surface area contributed by atoms with Crippen molar-refractivity contribution in [1.29, 1.82) is 5.26 Å². The number of amides is 1. The molecule has 5 rings (SSSR count). The fraction of sp³-hybridized carbons (Fsp3) is 0.214. The van der Waals surface area contributed by atoms with Crippen LogP contribution in [0, 0.1) is 11.3 Å². The summed E-state index contributed by atoms with van der Waals surface area (Å²) < 4.78 is 12.6. The van der Waals surface area contributed by atoms with E-state index in [1.165, 1.54) is 0 Å². The van der Waals surface area contributed by atoms with Crippen molar-refractivity contribution < 1.29 is 14.3 Å². The molecule has 2 aromatic carbocycles. The number of hydrogen-bond donors (Lipinski definition) is 0. The Hall–Kier alpha value is -4.84. The molecule has 3 heterocycles. The topological polar surface area (TPSA) is 96.5 Å². The van der Waals surface area contributed by atoms with E-state index in [1.807, 2.05) is 59.6 Å². The number of pyridine rings is 1. The van der Waals surface area contributed by atoms with Gasteiger partial charge in [0.15, 0.2) is 17.2 Å². The van der Waals surface area contributed by atoms with Crippen LogP contribution in [0.5, 0.6) is 11.5 Å². The molecule has 1 fully saturated rings. The van der Waals surface area contributed by atoms with Crippen LogP contribution in [-0.4, -0.2) is 66.0 Å². The highest BCUT2D eigenvalue weighted by Gasteiger charge is 2.28. The number of carbonyl (C=O) groups is 1. The molecule has 1 amide bonds. The van der Waals surface area contributed by atoms with Crippen LogP contribution in [0.2, 0.25) is 0 Å². The third-order valence-corrected chi connectivity index (χ3v) is 6.41. The van der Waals surface area contributed by atoms with E-state index in [0.717, 1.165) is 11.3 Å². The van der Waals surface area contributed by atoms with E-state index < -0.39 is 0 Å². The molecule has 0 radical (unpaired) electrons. The number of methoxy groups -OCH3 is 2. The number of rotatable bonds is 6. The van der Waals surface area contributed by atoms with Gasteiger partial charge in [0.2, 0.25) is 0 Å². The second kappa shape index (κ2) is 10.4. The Morgan fingerprint density at radius 3 is 2.41 bits per heavy atom. The van der Waals surface area contributed by atoms with E-state index in [-0.39, 0.29) is 5.91 Å². The van der Waals surface area contributed by atoms with Gasteiger partial charge < -0.3 is 19.3 Å². The summed E-state index contributed by atoms with van der Waals surface area (Å²) in [6, 6.07) is 21.0. The van der Waals surface area contributed by atoms with Crippen molar-refractivity contribution in [3.63, 3.8) is 0 Å². The van der Waals surface area contributed by atoms with Crippen molar-refractivity contribution in [2.24, 2.45) is 0 Å². The number of ether oxygens (including phenoxy) is 2. The summed E-state index contributed by atoms with van der Waals surface area (Å²) in [4.78, 5) is 22.0. The van der Waals surface area contributed by atoms with Gasteiger partial charge in [0.1, 0.15) is 11.9 Å². The molecule has 0 spiro atoms. The predicted octanol–water partition coefficient (Wildman–Crippen LogP) is 3.79. The second-order valence-electron chi connectivity index (χ2n) is 8.51. The predicted molar refractivity (Wildman–Crippen MR) is 139 cm³/mol. The zero-order valence-corrected chi connectivity index (χ0v) is 20.7. The summed E-state index contributed by atoms with van der Waals surface area (Å²) in [6.45, 7) is 2.12. The zero-order valence-electron chi connectivity index (χ0n) is 20.7. The number of piperazine rings is 1. The minimum absolute atomic E-state index is 0.152. The lowest BCUT2D eigenvalue weighted by Crippen LogP contribution is -2.49. The second-order valence-corrected chi connectivity index (χ2v) is 8.51. The number of para-hydroxylation sites is 1. The summed E-state index contributed by atoms with van der Waals surface area (Å²) in [5, 5.41) is 14.2. The summed E-state index contributed by atoms with van der Waals surface area (Å²) >= 11 is 0. The highest BCUT2D eigenvalue weighted by atomic mass is 16.5.